The first-order valence-corrected chi connectivity index (χ1v) is 8.13. The zero-order valence-electron chi connectivity index (χ0n) is 13.8. The molecule has 116 valence electrons. The van der Waals surface area contributed by atoms with Gasteiger partial charge in [0.2, 0.25) is 5.91 Å². The summed E-state index contributed by atoms with van der Waals surface area (Å²) in [5.74, 6) is 0.855. The molecule has 0 radical (unpaired) electrons. The van der Waals surface area contributed by atoms with Crippen molar-refractivity contribution in [2.75, 3.05) is 19.6 Å². The molecule has 2 rings (SSSR count). The van der Waals surface area contributed by atoms with Gasteiger partial charge in [-0.15, -0.1) is 0 Å². The first-order chi connectivity index (χ1) is 10.0. The van der Waals surface area contributed by atoms with E-state index in [1.807, 2.05) is 4.90 Å². The SMILES string of the molecule is CCNC(CN1CC(CC)CC1=O)c1ccc(C)cc1C. The number of nitrogens with one attached hydrogen (secondary N) is 1. The number of nitrogens with zero attached hydrogens (tertiary/aromatic N) is 1. The Morgan fingerprint density at radius 2 is 2.10 bits per heavy atom. The fourth-order valence-corrected chi connectivity index (χ4v) is 3.26. The Hall–Kier alpha value is -1.35. The highest BCUT2D eigenvalue weighted by Gasteiger charge is 2.30. The summed E-state index contributed by atoms with van der Waals surface area (Å²) in [7, 11) is 0. The second-order valence-electron chi connectivity index (χ2n) is 6.25. The molecule has 1 aromatic carbocycles. The van der Waals surface area contributed by atoms with Gasteiger partial charge in [-0.1, -0.05) is 44.0 Å². The summed E-state index contributed by atoms with van der Waals surface area (Å²) >= 11 is 0. The van der Waals surface area contributed by atoms with Crippen LogP contribution in [0.3, 0.4) is 0 Å². The maximum Gasteiger partial charge on any atom is 0.222 e. The summed E-state index contributed by atoms with van der Waals surface area (Å²) < 4.78 is 0. The minimum atomic E-state index is 0.232. The number of hydrogen-bond acceptors (Lipinski definition) is 2. The molecule has 1 aliphatic rings. The van der Waals surface area contributed by atoms with Gasteiger partial charge in [0.15, 0.2) is 0 Å². The molecule has 1 heterocycles. The lowest BCUT2D eigenvalue weighted by Crippen LogP contribution is -2.36. The molecule has 1 amide bonds. The number of carbonyl (C=O) groups is 1. The molecule has 1 aromatic rings. The summed E-state index contributed by atoms with van der Waals surface area (Å²) in [6.45, 7) is 11.2. The highest BCUT2D eigenvalue weighted by molar-refractivity contribution is 5.78. The number of carbonyl (C=O) groups excluding carboxylic acids is 1. The average molecular weight is 288 g/mol. The quantitative estimate of drug-likeness (QED) is 0.871. The van der Waals surface area contributed by atoms with Crippen LogP contribution in [0.4, 0.5) is 0 Å². The first-order valence-electron chi connectivity index (χ1n) is 8.13. The predicted octanol–water partition coefficient (Wildman–Crippen LogP) is 3.21. The summed E-state index contributed by atoms with van der Waals surface area (Å²) in [5.41, 5.74) is 3.91. The van der Waals surface area contributed by atoms with Crippen LogP contribution in [0.5, 0.6) is 0 Å². The third-order valence-corrected chi connectivity index (χ3v) is 4.53. The van der Waals surface area contributed by atoms with Crippen molar-refractivity contribution in [2.45, 2.75) is 46.6 Å². The topological polar surface area (TPSA) is 32.3 Å². The van der Waals surface area contributed by atoms with E-state index < -0.39 is 0 Å². The van der Waals surface area contributed by atoms with E-state index in [1.165, 1.54) is 16.7 Å². The lowest BCUT2D eigenvalue weighted by Gasteiger charge is -2.26. The summed E-state index contributed by atoms with van der Waals surface area (Å²) in [5, 5.41) is 3.55. The van der Waals surface area contributed by atoms with Crippen LogP contribution in [-0.2, 0) is 4.79 Å². The van der Waals surface area contributed by atoms with Crippen LogP contribution in [-0.4, -0.2) is 30.4 Å². The van der Waals surface area contributed by atoms with Crippen molar-refractivity contribution in [3.05, 3.63) is 34.9 Å². The van der Waals surface area contributed by atoms with Gasteiger partial charge in [0.25, 0.3) is 0 Å². The van der Waals surface area contributed by atoms with Crippen LogP contribution in [0.25, 0.3) is 0 Å². The minimum Gasteiger partial charge on any atom is -0.340 e. The maximum atomic E-state index is 12.2. The molecule has 0 spiro atoms. The van der Waals surface area contributed by atoms with Crippen LogP contribution in [0.1, 0.15) is 49.4 Å². The Bertz CT molecular complexity index is 498. The molecule has 1 N–H and O–H groups in total. The van der Waals surface area contributed by atoms with E-state index in [1.54, 1.807) is 0 Å². The van der Waals surface area contributed by atoms with E-state index >= 15 is 0 Å². The second kappa shape index (κ2) is 7.08. The van der Waals surface area contributed by atoms with Crippen molar-refractivity contribution < 1.29 is 4.79 Å². The smallest absolute Gasteiger partial charge is 0.222 e. The van der Waals surface area contributed by atoms with E-state index in [0.29, 0.717) is 11.8 Å². The molecule has 1 aliphatic heterocycles. The van der Waals surface area contributed by atoms with Crippen molar-refractivity contribution >= 4 is 5.91 Å². The lowest BCUT2D eigenvalue weighted by atomic mass is 9.98. The third-order valence-electron chi connectivity index (χ3n) is 4.53. The van der Waals surface area contributed by atoms with Gasteiger partial charge in [-0.2, -0.15) is 0 Å². The van der Waals surface area contributed by atoms with Gasteiger partial charge in [0.05, 0.1) is 6.04 Å². The van der Waals surface area contributed by atoms with E-state index in [9.17, 15) is 4.79 Å². The predicted molar refractivity (Wildman–Crippen MR) is 87.3 cm³/mol. The normalized spacial score (nSPS) is 20.1. The Kier molecular flexibility index (Phi) is 5.40. The number of benzene rings is 1. The highest BCUT2D eigenvalue weighted by Crippen LogP contribution is 2.25. The van der Waals surface area contributed by atoms with Gasteiger partial charge in [0.1, 0.15) is 0 Å². The molecule has 0 bridgehead atoms. The van der Waals surface area contributed by atoms with E-state index in [4.69, 9.17) is 0 Å². The molecule has 0 saturated carbocycles. The van der Waals surface area contributed by atoms with Crippen molar-refractivity contribution in [1.82, 2.24) is 10.2 Å². The van der Waals surface area contributed by atoms with Crippen LogP contribution in [0.2, 0.25) is 0 Å². The molecule has 1 saturated heterocycles. The maximum absolute atomic E-state index is 12.2. The molecule has 1 fully saturated rings. The van der Waals surface area contributed by atoms with Crippen molar-refractivity contribution in [2.24, 2.45) is 5.92 Å². The number of rotatable bonds is 6. The van der Waals surface area contributed by atoms with Crippen LogP contribution in [0, 0.1) is 19.8 Å². The van der Waals surface area contributed by atoms with Crippen molar-refractivity contribution in [3.63, 3.8) is 0 Å². The monoisotopic (exact) mass is 288 g/mol. The van der Waals surface area contributed by atoms with E-state index in [0.717, 1.165) is 32.5 Å². The van der Waals surface area contributed by atoms with E-state index in [-0.39, 0.29) is 6.04 Å². The first kappa shape index (κ1) is 16.0. The fourth-order valence-electron chi connectivity index (χ4n) is 3.26. The molecular formula is C18H28N2O. The Morgan fingerprint density at radius 3 is 2.67 bits per heavy atom. The standard InChI is InChI=1S/C18H28N2O/c1-5-15-10-18(21)20(11-15)12-17(19-6-2)16-8-7-13(3)9-14(16)4/h7-9,15,17,19H,5-6,10-12H2,1-4H3. The van der Waals surface area contributed by atoms with Gasteiger partial charge >= 0.3 is 0 Å². The van der Waals surface area contributed by atoms with Gasteiger partial charge in [-0.05, 0) is 37.4 Å². The summed E-state index contributed by atoms with van der Waals surface area (Å²) in [6, 6.07) is 6.82. The minimum absolute atomic E-state index is 0.232. The Balaban J connectivity index is 2.14. The number of amides is 1. The summed E-state index contributed by atoms with van der Waals surface area (Å²) in [6.07, 6.45) is 1.82. The Morgan fingerprint density at radius 1 is 1.33 bits per heavy atom. The lowest BCUT2D eigenvalue weighted by molar-refractivity contribution is -0.128. The number of hydrogen-bond donors (Lipinski definition) is 1. The van der Waals surface area contributed by atoms with Crippen LogP contribution < -0.4 is 5.32 Å². The molecule has 2 unspecified atom stereocenters. The van der Waals surface area contributed by atoms with Gasteiger partial charge in [0, 0.05) is 19.5 Å². The van der Waals surface area contributed by atoms with Gasteiger partial charge < -0.3 is 10.2 Å². The zero-order valence-corrected chi connectivity index (χ0v) is 13.8. The van der Waals surface area contributed by atoms with Crippen LogP contribution in [0.15, 0.2) is 18.2 Å². The number of likely N-dealkylation sites (tertiary alicyclic amines) is 1. The zero-order chi connectivity index (χ0) is 15.4. The van der Waals surface area contributed by atoms with Crippen LogP contribution >= 0.6 is 0 Å². The molecule has 3 heteroatoms. The van der Waals surface area contributed by atoms with Gasteiger partial charge in [-0.25, -0.2) is 0 Å². The molecule has 2 atom stereocenters. The number of aryl methyl sites for hydroxylation is 2. The second-order valence-corrected chi connectivity index (χ2v) is 6.25. The fraction of sp³-hybridized carbons (Fsp3) is 0.611. The Labute approximate surface area is 128 Å². The van der Waals surface area contributed by atoms with Gasteiger partial charge in [-0.3, -0.25) is 4.79 Å². The van der Waals surface area contributed by atoms with E-state index in [2.05, 4.69) is 51.2 Å². The number of likely N-dealkylation sites (N-methyl/N-ethyl adjacent to an activating group) is 1. The average Bonchev–Trinajstić information content (AvgIpc) is 2.79. The molecule has 0 aliphatic carbocycles. The molecule has 21 heavy (non-hydrogen) atoms. The molecular weight excluding hydrogens is 260 g/mol. The third kappa shape index (κ3) is 3.85. The summed E-state index contributed by atoms with van der Waals surface area (Å²) in [4.78, 5) is 14.2. The highest BCUT2D eigenvalue weighted by atomic mass is 16.2. The van der Waals surface area contributed by atoms with Crippen molar-refractivity contribution in [3.8, 4) is 0 Å². The molecule has 0 aromatic heterocycles. The molecule has 3 nitrogen and oxygen atoms in total. The van der Waals surface area contributed by atoms with Crippen molar-refractivity contribution in [1.29, 1.82) is 0 Å². The largest absolute Gasteiger partial charge is 0.340 e.